The Hall–Kier alpha value is 0.390. The summed E-state index contributed by atoms with van der Waals surface area (Å²) in [7, 11) is 0.670. The molecule has 0 heterocycles. The van der Waals surface area contributed by atoms with Gasteiger partial charge in [0.1, 0.15) is 0 Å². The average molecular weight is 175 g/mol. The maximum atomic E-state index is 5.42. The van der Waals surface area contributed by atoms with Gasteiger partial charge in [-0.3, -0.25) is 0 Å². The monoisotopic (exact) mass is 175 g/mol. The lowest BCUT2D eigenvalue weighted by Gasteiger charge is -1.98. The van der Waals surface area contributed by atoms with Gasteiger partial charge in [-0.2, -0.15) is 0 Å². The Bertz CT molecular complexity index is 58.6. The molecule has 0 aliphatic carbocycles. The average Bonchev–Trinajstić information content (AvgIpc) is 2.03. The molecule has 0 aromatic carbocycles. The predicted molar refractivity (Wildman–Crippen MR) is 55.4 cm³/mol. The highest BCUT2D eigenvalue weighted by Crippen LogP contribution is 2.09. The summed E-state index contributed by atoms with van der Waals surface area (Å²) in [5.41, 5.74) is 5.42. The third-order valence-electron chi connectivity index (χ3n) is 1.92. The number of hydrogen-bond acceptors (Lipinski definition) is 1. The zero-order chi connectivity index (χ0) is 8.36. The van der Waals surface area contributed by atoms with Crippen LogP contribution < -0.4 is 5.50 Å². The molecular weight excluding hydrogens is 153 g/mol. The maximum absolute atomic E-state index is 5.42. The lowest BCUT2D eigenvalue weighted by atomic mass is 10.1. The molecule has 1 nitrogen and oxygen atoms in total. The molecule has 0 aromatic rings. The van der Waals surface area contributed by atoms with Crippen LogP contribution in [0.4, 0.5) is 0 Å². The van der Waals surface area contributed by atoms with Crippen LogP contribution in [0.5, 0.6) is 0 Å². The number of hydrogen-bond donors (Lipinski definition) is 1. The van der Waals surface area contributed by atoms with Gasteiger partial charge in [0.25, 0.3) is 0 Å². The van der Waals surface area contributed by atoms with Crippen LogP contribution in [-0.2, 0) is 0 Å². The van der Waals surface area contributed by atoms with E-state index in [0.717, 1.165) is 0 Å². The molecule has 0 aliphatic rings. The molecule has 0 bridgehead atoms. The number of unbranched alkanes of at least 4 members (excludes halogenated alkanes) is 6. The van der Waals surface area contributed by atoms with Crippen molar-refractivity contribution in [1.82, 2.24) is 0 Å². The van der Waals surface area contributed by atoms with Crippen LogP contribution in [-0.4, -0.2) is 6.16 Å². The van der Waals surface area contributed by atoms with Crippen LogP contribution >= 0.6 is 8.73 Å². The minimum Gasteiger partial charge on any atom is -0.312 e. The van der Waals surface area contributed by atoms with Crippen LogP contribution in [0.3, 0.4) is 0 Å². The molecule has 0 rings (SSSR count). The van der Waals surface area contributed by atoms with Crippen LogP contribution in [0.15, 0.2) is 0 Å². The molecule has 0 spiro atoms. The van der Waals surface area contributed by atoms with Gasteiger partial charge in [0.05, 0.1) is 0 Å². The first-order chi connectivity index (χ1) is 5.41. The first-order valence-electron chi connectivity index (χ1n) is 4.85. The largest absolute Gasteiger partial charge is 0.312 e. The SMILES string of the molecule is CCCCCCCCCPN. The highest BCUT2D eigenvalue weighted by Gasteiger charge is 1.89. The molecule has 1 atom stereocenters. The second kappa shape index (κ2) is 10.4. The summed E-state index contributed by atoms with van der Waals surface area (Å²) < 4.78 is 0. The molecule has 2 N–H and O–H groups in total. The van der Waals surface area contributed by atoms with E-state index in [1.54, 1.807) is 0 Å². The van der Waals surface area contributed by atoms with Crippen molar-refractivity contribution in [2.24, 2.45) is 5.50 Å². The fourth-order valence-electron chi connectivity index (χ4n) is 1.18. The molecule has 1 unspecified atom stereocenters. The third-order valence-corrected chi connectivity index (χ3v) is 2.57. The maximum Gasteiger partial charge on any atom is -0.0224 e. The van der Waals surface area contributed by atoms with Crippen LogP contribution in [0, 0.1) is 0 Å². The minimum atomic E-state index is 0.670. The molecule has 2 heteroatoms. The number of rotatable bonds is 8. The Kier molecular flexibility index (Phi) is 10.8. The summed E-state index contributed by atoms with van der Waals surface area (Å²) in [5.74, 6) is 0. The minimum absolute atomic E-state index is 0.670. The molecule has 68 valence electrons. The van der Waals surface area contributed by atoms with E-state index >= 15 is 0 Å². The second-order valence-corrected chi connectivity index (χ2v) is 3.98. The Morgan fingerprint density at radius 2 is 1.45 bits per heavy atom. The molecule has 0 saturated heterocycles. The summed E-state index contributed by atoms with van der Waals surface area (Å²) in [6.45, 7) is 2.26. The van der Waals surface area contributed by atoms with E-state index in [4.69, 9.17) is 5.50 Å². The van der Waals surface area contributed by atoms with Crippen molar-refractivity contribution >= 4 is 8.73 Å². The normalized spacial score (nSPS) is 11.5. The topological polar surface area (TPSA) is 26.0 Å². The van der Waals surface area contributed by atoms with Gasteiger partial charge in [0.15, 0.2) is 0 Å². The molecule has 0 radical (unpaired) electrons. The van der Waals surface area contributed by atoms with Crippen molar-refractivity contribution < 1.29 is 0 Å². The van der Waals surface area contributed by atoms with Crippen LogP contribution in [0.2, 0.25) is 0 Å². The smallest absolute Gasteiger partial charge is 0.0224 e. The van der Waals surface area contributed by atoms with E-state index in [2.05, 4.69) is 6.92 Å². The molecule has 0 aliphatic heterocycles. The van der Waals surface area contributed by atoms with Gasteiger partial charge in [0, 0.05) is 0 Å². The van der Waals surface area contributed by atoms with Gasteiger partial charge < -0.3 is 5.50 Å². The molecule has 0 aromatic heterocycles. The zero-order valence-electron chi connectivity index (χ0n) is 7.73. The van der Waals surface area contributed by atoms with Crippen molar-refractivity contribution in [3.8, 4) is 0 Å². The third kappa shape index (κ3) is 10.4. The molecular formula is C9H22NP. The lowest BCUT2D eigenvalue weighted by molar-refractivity contribution is 0.603. The van der Waals surface area contributed by atoms with E-state index < -0.39 is 0 Å². The van der Waals surface area contributed by atoms with Gasteiger partial charge in [-0.15, -0.1) is 0 Å². The summed E-state index contributed by atoms with van der Waals surface area (Å²) >= 11 is 0. The second-order valence-electron chi connectivity index (χ2n) is 3.08. The van der Waals surface area contributed by atoms with Crippen LogP contribution in [0.25, 0.3) is 0 Å². The first kappa shape index (κ1) is 11.4. The Balaban J connectivity index is 2.69. The summed E-state index contributed by atoms with van der Waals surface area (Å²) in [4.78, 5) is 0. The van der Waals surface area contributed by atoms with Gasteiger partial charge in [0.2, 0.25) is 0 Å². The van der Waals surface area contributed by atoms with Crippen molar-refractivity contribution in [1.29, 1.82) is 0 Å². The van der Waals surface area contributed by atoms with E-state index in [-0.39, 0.29) is 0 Å². The first-order valence-corrected chi connectivity index (χ1v) is 6.13. The lowest BCUT2D eigenvalue weighted by Crippen LogP contribution is -1.83. The Labute approximate surface area is 73.0 Å². The van der Waals surface area contributed by atoms with Crippen molar-refractivity contribution in [3.05, 3.63) is 0 Å². The van der Waals surface area contributed by atoms with E-state index in [1.807, 2.05) is 0 Å². The van der Waals surface area contributed by atoms with Crippen molar-refractivity contribution in [2.75, 3.05) is 6.16 Å². The van der Waals surface area contributed by atoms with Gasteiger partial charge in [-0.1, -0.05) is 54.2 Å². The molecule has 0 fully saturated rings. The fourth-order valence-corrected chi connectivity index (χ4v) is 1.64. The van der Waals surface area contributed by atoms with E-state index in [1.165, 1.54) is 51.1 Å². The Morgan fingerprint density at radius 3 is 2.00 bits per heavy atom. The van der Waals surface area contributed by atoms with Crippen molar-refractivity contribution in [2.45, 2.75) is 51.9 Å². The molecule has 11 heavy (non-hydrogen) atoms. The quantitative estimate of drug-likeness (QED) is 0.444. The van der Waals surface area contributed by atoms with E-state index in [9.17, 15) is 0 Å². The standard InChI is InChI=1S/C9H22NP/c1-2-3-4-5-6-7-8-9-11-10/h11H,2-10H2,1H3. The highest BCUT2D eigenvalue weighted by atomic mass is 31.1. The summed E-state index contributed by atoms with van der Waals surface area (Å²) in [5, 5.41) is 0. The molecule has 0 saturated carbocycles. The summed E-state index contributed by atoms with van der Waals surface area (Å²) in [6, 6.07) is 0. The fraction of sp³-hybridized carbons (Fsp3) is 1.00. The number of nitrogens with two attached hydrogens (primary N) is 1. The predicted octanol–water partition coefficient (Wildman–Crippen LogP) is 3.29. The summed E-state index contributed by atoms with van der Waals surface area (Å²) in [6.07, 6.45) is 11.0. The Morgan fingerprint density at radius 1 is 0.909 bits per heavy atom. The van der Waals surface area contributed by atoms with Gasteiger partial charge in [-0.05, 0) is 12.6 Å². The van der Waals surface area contributed by atoms with Gasteiger partial charge in [-0.25, -0.2) is 0 Å². The van der Waals surface area contributed by atoms with Crippen LogP contribution in [0.1, 0.15) is 51.9 Å². The van der Waals surface area contributed by atoms with E-state index in [0.29, 0.717) is 8.73 Å². The van der Waals surface area contributed by atoms with Gasteiger partial charge >= 0.3 is 0 Å². The zero-order valence-corrected chi connectivity index (χ0v) is 8.73. The highest BCUT2D eigenvalue weighted by molar-refractivity contribution is 7.35. The van der Waals surface area contributed by atoms with Crippen molar-refractivity contribution in [3.63, 3.8) is 0 Å². The molecule has 0 amide bonds.